The van der Waals surface area contributed by atoms with Crippen molar-refractivity contribution in [2.24, 2.45) is 5.41 Å². The first-order valence-corrected chi connectivity index (χ1v) is 11.9. The number of carboxylic acids is 1. The second kappa shape index (κ2) is 8.38. The average molecular weight is 479 g/mol. The summed E-state index contributed by atoms with van der Waals surface area (Å²) in [6, 6.07) is 9.40. The molecule has 1 aliphatic heterocycles. The molecule has 0 amide bonds. The maximum atomic E-state index is 12.3. The number of thiazole rings is 1. The number of aromatic nitrogens is 1. The van der Waals surface area contributed by atoms with Gasteiger partial charge in [-0.2, -0.15) is 0 Å². The van der Waals surface area contributed by atoms with Crippen molar-refractivity contribution in [1.82, 2.24) is 4.98 Å². The highest BCUT2D eigenvalue weighted by Crippen LogP contribution is 2.42. The molecule has 0 fully saturated rings. The lowest BCUT2D eigenvalue weighted by Crippen LogP contribution is -2.45. The van der Waals surface area contributed by atoms with Gasteiger partial charge in [-0.25, -0.2) is 9.78 Å². The number of nitrogens with one attached hydrogen (secondary N) is 1. The quantitative estimate of drug-likeness (QED) is 0.513. The molecule has 0 saturated carbocycles. The molecule has 0 spiro atoms. The number of carboxylic acid groups (broad SMARTS) is 1. The van der Waals surface area contributed by atoms with E-state index >= 15 is 0 Å². The molecule has 1 aromatic heterocycles. The molecule has 2 heterocycles. The van der Waals surface area contributed by atoms with Gasteiger partial charge < -0.3 is 15.0 Å². The van der Waals surface area contributed by atoms with E-state index < -0.39 is 23.3 Å². The molecule has 10 heteroatoms. The van der Waals surface area contributed by atoms with Gasteiger partial charge in [-0.3, -0.25) is 8.51 Å². The number of fused-ring (bicyclic) bond motifs is 2. The van der Waals surface area contributed by atoms with Crippen LogP contribution in [0.1, 0.15) is 24.4 Å². The Kier molecular flexibility index (Phi) is 5.95. The van der Waals surface area contributed by atoms with Crippen LogP contribution in [0.25, 0.3) is 10.2 Å². The zero-order valence-electron chi connectivity index (χ0n) is 16.9. The minimum absolute atomic E-state index is 0.0381. The number of hydrogen-bond donors (Lipinski definition) is 2. The molecule has 4 rings (SSSR count). The number of hydrogen-bond acceptors (Lipinski definition) is 6. The van der Waals surface area contributed by atoms with Gasteiger partial charge in [-0.05, 0) is 41.7 Å². The lowest BCUT2D eigenvalue weighted by atomic mass is 9.82. The van der Waals surface area contributed by atoms with E-state index in [0.717, 1.165) is 20.1 Å². The van der Waals surface area contributed by atoms with E-state index in [-0.39, 0.29) is 17.5 Å². The zero-order valence-corrected chi connectivity index (χ0v) is 19.3. The van der Waals surface area contributed by atoms with E-state index in [4.69, 9.17) is 11.6 Å². The van der Waals surface area contributed by atoms with Crippen LogP contribution in [0, 0.1) is 5.41 Å². The molecular formula is C21H21ClN3O4S2-. The summed E-state index contributed by atoms with van der Waals surface area (Å²) in [6.07, 6.45) is 0.632. The van der Waals surface area contributed by atoms with Crippen molar-refractivity contribution < 1.29 is 18.7 Å². The van der Waals surface area contributed by atoms with Gasteiger partial charge in [-0.1, -0.05) is 37.6 Å². The highest BCUT2D eigenvalue weighted by atomic mass is 35.5. The molecule has 1 aliphatic rings. The molecule has 164 valence electrons. The maximum Gasteiger partial charge on any atom is 0.327 e. The smallest absolute Gasteiger partial charge is 0.327 e. The van der Waals surface area contributed by atoms with Gasteiger partial charge in [0.15, 0.2) is 0 Å². The molecule has 0 aliphatic carbocycles. The lowest BCUT2D eigenvalue weighted by Gasteiger charge is -2.38. The van der Waals surface area contributed by atoms with Crippen molar-refractivity contribution in [2.45, 2.75) is 32.7 Å². The fraction of sp³-hybridized carbons (Fsp3) is 0.333. The third-order valence-electron chi connectivity index (χ3n) is 5.25. The number of carbonyl (C=O) groups is 1. The van der Waals surface area contributed by atoms with Gasteiger partial charge in [0.25, 0.3) is 0 Å². The second-order valence-electron chi connectivity index (χ2n) is 8.33. The van der Waals surface area contributed by atoms with Crippen LogP contribution in [-0.4, -0.2) is 37.4 Å². The van der Waals surface area contributed by atoms with Crippen LogP contribution in [0.4, 0.5) is 11.4 Å². The van der Waals surface area contributed by atoms with Crippen LogP contribution in [0.5, 0.6) is 0 Å². The summed E-state index contributed by atoms with van der Waals surface area (Å²) in [4.78, 5) is 16.7. The molecule has 0 saturated heterocycles. The number of halogens is 1. The number of aliphatic carboxylic acids is 1. The van der Waals surface area contributed by atoms with Crippen molar-refractivity contribution in [2.75, 3.05) is 16.2 Å². The summed E-state index contributed by atoms with van der Waals surface area (Å²) in [5, 5.41) is 14.1. The van der Waals surface area contributed by atoms with Crippen molar-refractivity contribution in [3.8, 4) is 0 Å². The van der Waals surface area contributed by atoms with Crippen LogP contribution < -0.4 is 9.62 Å². The first kappa shape index (κ1) is 22.0. The highest BCUT2D eigenvalue weighted by molar-refractivity contribution is 7.80. The monoisotopic (exact) mass is 478 g/mol. The summed E-state index contributed by atoms with van der Waals surface area (Å²) >= 11 is 4.82. The Labute approximate surface area is 191 Å². The minimum Gasteiger partial charge on any atom is -0.755 e. The van der Waals surface area contributed by atoms with Crippen LogP contribution >= 0.6 is 22.9 Å². The van der Waals surface area contributed by atoms with E-state index in [0.29, 0.717) is 28.7 Å². The third kappa shape index (κ3) is 4.55. The maximum absolute atomic E-state index is 12.3. The fourth-order valence-electron chi connectivity index (χ4n) is 3.87. The first-order valence-electron chi connectivity index (χ1n) is 9.67. The Balaban J connectivity index is 1.77. The Hall–Kier alpha value is -2.20. The summed E-state index contributed by atoms with van der Waals surface area (Å²) < 4.78 is 26.4. The first-order chi connectivity index (χ1) is 14.6. The summed E-state index contributed by atoms with van der Waals surface area (Å²) in [5.74, 6) is -1.26. The number of rotatable bonds is 6. The largest absolute Gasteiger partial charge is 0.755 e. The molecule has 3 aromatic rings. The predicted octanol–water partition coefficient (Wildman–Crippen LogP) is 4.24. The van der Waals surface area contributed by atoms with Crippen molar-refractivity contribution >= 4 is 61.8 Å². The Morgan fingerprint density at radius 2 is 2.16 bits per heavy atom. The normalized spacial score (nSPS) is 16.9. The number of para-hydroxylation sites is 1. The Morgan fingerprint density at radius 1 is 1.42 bits per heavy atom. The lowest BCUT2D eigenvalue weighted by molar-refractivity contribution is -0.138. The van der Waals surface area contributed by atoms with Crippen LogP contribution in [0.15, 0.2) is 36.4 Å². The SMILES string of the molecule is CC1(C)CNc2c(cc(Cl)cc2N(C(Cc2nc3ccccc3s2)C(=O)O)S(=O)[O-])C1. The molecule has 2 N–H and O–H groups in total. The van der Waals surface area contributed by atoms with Gasteiger partial charge in [0.1, 0.15) is 6.04 Å². The predicted molar refractivity (Wildman–Crippen MR) is 124 cm³/mol. The van der Waals surface area contributed by atoms with Crippen molar-refractivity contribution in [3.63, 3.8) is 0 Å². The topological polar surface area (TPSA) is 106 Å². The number of anilines is 2. The van der Waals surface area contributed by atoms with Crippen LogP contribution in [0.3, 0.4) is 0 Å². The summed E-state index contributed by atoms with van der Waals surface area (Å²) in [7, 11) is 0. The average Bonchev–Trinajstić information content (AvgIpc) is 3.08. The molecule has 2 unspecified atom stereocenters. The van der Waals surface area contributed by atoms with E-state index in [2.05, 4.69) is 24.1 Å². The Morgan fingerprint density at radius 3 is 2.84 bits per heavy atom. The minimum atomic E-state index is -2.84. The fourth-order valence-corrected chi connectivity index (χ4v) is 5.78. The van der Waals surface area contributed by atoms with E-state index in [9.17, 15) is 18.7 Å². The standard InChI is InChI=1S/C21H22ClN3O4S2/c1-21(2)10-12-7-13(22)8-15(19(12)23-11-21)25(31(28)29)16(20(26)27)9-18-24-14-5-3-4-6-17(14)30-18/h3-8,16,23H,9-11H2,1-2H3,(H,26,27)(H,28,29)/p-1. The second-order valence-corrected chi connectivity index (χ2v) is 10.7. The van der Waals surface area contributed by atoms with Gasteiger partial charge in [0.05, 0.1) is 26.6 Å². The molecule has 2 atom stereocenters. The van der Waals surface area contributed by atoms with E-state index in [1.54, 1.807) is 6.07 Å². The van der Waals surface area contributed by atoms with E-state index in [1.165, 1.54) is 17.4 Å². The van der Waals surface area contributed by atoms with Gasteiger partial charge in [0.2, 0.25) is 0 Å². The highest BCUT2D eigenvalue weighted by Gasteiger charge is 2.34. The molecule has 0 bridgehead atoms. The Bertz CT molecular complexity index is 1150. The van der Waals surface area contributed by atoms with Gasteiger partial charge >= 0.3 is 5.97 Å². The number of nitrogens with zero attached hydrogens (tertiary/aromatic N) is 2. The third-order valence-corrected chi connectivity index (χ3v) is 7.30. The number of benzene rings is 2. The van der Waals surface area contributed by atoms with Gasteiger partial charge in [-0.15, -0.1) is 11.3 Å². The van der Waals surface area contributed by atoms with Crippen LogP contribution in [0.2, 0.25) is 5.02 Å². The van der Waals surface area contributed by atoms with Crippen molar-refractivity contribution in [1.29, 1.82) is 0 Å². The molecule has 31 heavy (non-hydrogen) atoms. The van der Waals surface area contributed by atoms with Gasteiger partial charge in [0, 0.05) is 29.3 Å². The molecule has 7 nitrogen and oxygen atoms in total. The van der Waals surface area contributed by atoms with Crippen LogP contribution in [-0.2, 0) is 28.9 Å². The van der Waals surface area contributed by atoms with Crippen molar-refractivity contribution in [3.05, 3.63) is 52.0 Å². The zero-order chi connectivity index (χ0) is 22.3. The molecule has 2 aromatic carbocycles. The van der Waals surface area contributed by atoms with E-state index in [1.807, 2.05) is 24.3 Å². The molecular weight excluding hydrogens is 458 g/mol. The molecule has 0 radical (unpaired) electrons. The summed E-state index contributed by atoms with van der Waals surface area (Å²) in [5.41, 5.74) is 2.41. The summed E-state index contributed by atoms with van der Waals surface area (Å²) in [6.45, 7) is 4.82.